The van der Waals surface area contributed by atoms with Crippen molar-refractivity contribution in [2.75, 3.05) is 27.7 Å². The van der Waals surface area contributed by atoms with Crippen LogP contribution in [0.4, 0.5) is 0 Å². The summed E-state index contributed by atoms with van der Waals surface area (Å²) in [5, 5.41) is 24.6. The molecule has 2 aromatic rings. The van der Waals surface area contributed by atoms with Crippen LogP contribution in [-0.4, -0.2) is 83.2 Å². The fourth-order valence-corrected chi connectivity index (χ4v) is 4.05. The summed E-state index contributed by atoms with van der Waals surface area (Å²) < 4.78 is 0.917. The molecule has 1 aromatic heterocycles. The molecule has 0 fully saturated rings. The summed E-state index contributed by atoms with van der Waals surface area (Å²) >= 11 is 0. The van der Waals surface area contributed by atoms with Crippen LogP contribution in [0.3, 0.4) is 0 Å². The Labute approximate surface area is 211 Å². The number of unbranched alkanes of at least 4 members (excludes halogenated alkanes) is 4. The van der Waals surface area contributed by atoms with E-state index in [1.54, 1.807) is 6.20 Å². The van der Waals surface area contributed by atoms with Crippen molar-refractivity contribution in [2.45, 2.75) is 63.5 Å². The Morgan fingerprint density at radius 3 is 2.25 bits per heavy atom. The summed E-state index contributed by atoms with van der Waals surface area (Å²) in [7, 11) is 6.44. The minimum Gasteiger partial charge on any atom is -0.481 e. The maximum Gasteiger partial charge on any atom is 0.326 e. The quantitative estimate of drug-likeness (QED) is 0.175. The van der Waals surface area contributed by atoms with E-state index in [1.165, 1.54) is 0 Å². The molecule has 2 amide bonds. The van der Waals surface area contributed by atoms with Crippen LogP contribution in [0.2, 0.25) is 0 Å². The van der Waals surface area contributed by atoms with Gasteiger partial charge in [-0.2, -0.15) is 0 Å². The summed E-state index contributed by atoms with van der Waals surface area (Å²) in [6.45, 7) is 1.09. The molecule has 0 aliphatic carbocycles. The molecular formula is C26H39N4O6+. The van der Waals surface area contributed by atoms with Gasteiger partial charge in [-0.15, -0.1) is 0 Å². The summed E-state index contributed by atoms with van der Waals surface area (Å²) in [6.07, 6.45) is 5.92. The van der Waals surface area contributed by atoms with E-state index in [0.717, 1.165) is 47.6 Å². The number of hydrogen-bond acceptors (Lipinski definition) is 4. The number of aromatic nitrogens is 1. The number of rotatable bonds is 16. The zero-order valence-electron chi connectivity index (χ0n) is 21.4. The molecule has 0 saturated carbocycles. The van der Waals surface area contributed by atoms with Gasteiger partial charge in [0.15, 0.2) is 0 Å². The average Bonchev–Trinajstić information content (AvgIpc) is 3.19. The summed E-state index contributed by atoms with van der Waals surface area (Å²) in [6, 6.07) is 4.75. The number of nitrogens with zero attached hydrogens (tertiary/aromatic N) is 1. The van der Waals surface area contributed by atoms with E-state index in [-0.39, 0.29) is 12.8 Å². The molecule has 0 aliphatic rings. The Morgan fingerprint density at radius 1 is 0.917 bits per heavy atom. The van der Waals surface area contributed by atoms with Crippen LogP contribution in [-0.2, 0) is 25.6 Å². The van der Waals surface area contributed by atoms with Gasteiger partial charge in [-0.25, -0.2) is 4.79 Å². The lowest BCUT2D eigenvalue weighted by Gasteiger charge is -2.23. The van der Waals surface area contributed by atoms with Gasteiger partial charge < -0.3 is 30.3 Å². The summed E-state index contributed by atoms with van der Waals surface area (Å²) in [4.78, 5) is 51.4. The Kier molecular flexibility index (Phi) is 10.9. The van der Waals surface area contributed by atoms with Gasteiger partial charge in [0.05, 0.1) is 34.1 Å². The van der Waals surface area contributed by atoms with E-state index >= 15 is 0 Å². The van der Waals surface area contributed by atoms with Crippen LogP contribution in [0.25, 0.3) is 10.9 Å². The number of amides is 2. The van der Waals surface area contributed by atoms with Gasteiger partial charge >= 0.3 is 11.9 Å². The molecule has 1 heterocycles. The minimum atomic E-state index is -1.36. The fraction of sp³-hybridized carbons (Fsp3) is 0.538. The predicted molar refractivity (Wildman–Crippen MR) is 136 cm³/mol. The molecule has 198 valence electrons. The number of quaternary nitrogens is 1. The third-order valence-electron chi connectivity index (χ3n) is 5.98. The third-order valence-corrected chi connectivity index (χ3v) is 5.98. The first kappa shape index (κ1) is 28.8. The number of carboxylic acids is 2. The minimum absolute atomic E-state index is 0.00686. The molecule has 1 aromatic carbocycles. The van der Waals surface area contributed by atoms with Gasteiger partial charge in [0.1, 0.15) is 12.1 Å². The summed E-state index contributed by atoms with van der Waals surface area (Å²) in [5.74, 6) is -3.78. The molecule has 0 radical (unpaired) electrons. The molecule has 36 heavy (non-hydrogen) atoms. The first-order valence-electron chi connectivity index (χ1n) is 12.4. The number of hydrogen-bond donors (Lipinski definition) is 5. The van der Waals surface area contributed by atoms with Crippen LogP contribution >= 0.6 is 0 Å². The normalized spacial score (nSPS) is 13.2. The average molecular weight is 504 g/mol. The standard InChI is InChI=1S/C26H38N4O6/c1-30(2,3)14-10-6-4-5-7-13-23(31)28-21(16-24(32)33)25(34)29-22(26(35)36)15-18-17-27-20-12-9-8-11-19(18)20/h8-9,11-12,17,21-22,27H,4-7,10,13-16H2,1-3H3,(H3-,28,29,31,32,33,34,35,36)/p+1/t21-,22-/m0/s1. The van der Waals surface area contributed by atoms with Crippen LogP contribution < -0.4 is 10.6 Å². The van der Waals surface area contributed by atoms with Crippen molar-refractivity contribution < 1.29 is 33.9 Å². The lowest BCUT2D eigenvalue weighted by Crippen LogP contribution is -2.52. The highest BCUT2D eigenvalue weighted by Gasteiger charge is 2.29. The van der Waals surface area contributed by atoms with Gasteiger partial charge in [-0.3, -0.25) is 14.4 Å². The molecule has 0 unspecified atom stereocenters. The first-order valence-corrected chi connectivity index (χ1v) is 12.4. The Balaban J connectivity index is 1.88. The maximum atomic E-state index is 12.8. The molecule has 2 rings (SSSR count). The van der Waals surface area contributed by atoms with E-state index in [2.05, 4.69) is 36.8 Å². The predicted octanol–water partition coefficient (Wildman–Crippen LogP) is 2.29. The molecule has 5 N–H and O–H groups in total. The van der Waals surface area contributed by atoms with Crippen molar-refractivity contribution in [3.05, 3.63) is 36.0 Å². The maximum absolute atomic E-state index is 12.8. The number of carbonyl (C=O) groups excluding carboxylic acids is 2. The number of carboxylic acid groups (broad SMARTS) is 2. The summed E-state index contributed by atoms with van der Waals surface area (Å²) in [5.41, 5.74) is 1.55. The molecule has 10 nitrogen and oxygen atoms in total. The van der Waals surface area contributed by atoms with Crippen LogP contribution in [0.5, 0.6) is 0 Å². The zero-order valence-corrected chi connectivity index (χ0v) is 21.4. The first-order chi connectivity index (χ1) is 17.0. The molecule has 0 bridgehead atoms. The van der Waals surface area contributed by atoms with Gasteiger partial charge in [0.25, 0.3) is 0 Å². The highest BCUT2D eigenvalue weighted by Crippen LogP contribution is 2.19. The molecule has 0 saturated heterocycles. The number of aromatic amines is 1. The Morgan fingerprint density at radius 2 is 1.58 bits per heavy atom. The van der Waals surface area contributed by atoms with Crippen LogP contribution in [0.15, 0.2) is 30.5 Å². The second kappa shape index (κ2) is 13.6. The van der Waals surface area contributed by atoms with E-state index in [4.69, 9.17) is 0 Å². The van der Waals surface area contributed by atoms with Crippen molar-refractivity contribution in [3.63, 3.8) is 0 Å². The van der Waals surface area contributed by atoms with E-state index < -0.39 is 42.3 Å². The number of benzene rings is 1. The highest BCUT2D eigenvalue weighted by molar-refractivity contribution is 5.93. The second-order valence-electron chi connectivity index (χ2n) is 10.2. The van der Waals surface area contributed by atoms with E-state index in [0.29, 0.717) is 12.0 Å². The number of H-pyrrole nitrogens is 1. The second-order valence-corrected chi connectivity index (χ2v) is 10.2. The van der Waals surface area contributed by atoms with Gasteiger partial charge in [0.2, 0.25) is 11.8 Å². The largest absolute Gasteiger partial charge is 0.481 e. The van der Waals surface area contributed by atoms with Gasteiger partial charge in [-0.1, -0.05) is 31.0 Å². The number of carbonyl (C=O) groups is 4. The van der Waals surface area contributed by atoms with Crippen molar-refractivity contribution in [1.82, 2.24) is 15.6 Å². The zero-order chi connectivity index (χ0) is 26.7. The topological polar surface area (TPSA) is 149 Å². The number of nitrogens with one attached hydrogen (secondary N) is 3. The Hall–Kier alpha value is -3.40. The Bertz CT molecular complexity index is 1040. The molecule has 10 heteroatoms. The van der Waals surface area contributed by atoms with Crippen molar-refractivity contribution in [3.8, 4) is 0 Å². The molecule has 0 spiro atoms. The lowest BCUT2D eigenvalue weighted by atomic mass is 10.0. The van der Waals surface area contributed by atoms with Gasteiger partial charge in [-0.05, 0) is 30.9 Å². The van der Waals surface area contributed by atoms with E-state index in [1.807, 2.05) is 24.3 Å². The smallest absolute Gasteiger partial charge is 0.326 e. The highest BCUT2D eigenvalue weighted by atomic mass is 16.4. The van der Waals surface area contributed by atoms with Crippen molar-refractivity contribution in [2.24, 2.45) is 0 Å². The van der Waals surface area contributed by atoms with Crippen molar-refractivity contribution >= 4 is 34.7 Å². The van der Waals surface area contributed by atoms with Crippen LogP contribution in [0, 0.1) is 0 Å². The van der Waals surface area contributed by atoms with Crippen molar-refractivity contribution in [1.29, 1.82) is 0 Å². The molecule has 0 aliphatic heterocycles. The number of fused-ring (bicyclic) bond motifs is 1. The number of para-hydroxylation sites is 1. The SMILES string of the molecule is C[N+](C)(C)CCCCCCCC(=O)N[C@@H](CC(=O)O)C(=O)N[C@@H](Cc1c[nH]c2ccccc12)C(=O)O. The fourth-order valence-electron chi connectivity index (χ4n) is 4.05. The lowest BCUT2D eigenvalue weighted by molar-refractivity contribution is -0.870. The molecule has 2 atom stereocenters. The monoisotopic (exact) mass is 503 g/mol. The third kappa shape index (κ3) is 10.1. The van der Waals surface area contributed by atoms with Gasteiger partial charge in [0, 0.05) is 29.9 Å². The molecular weight excluding hydrogens is 464 g/mol. The van der Waals surface area contributed by atoms with E-state index in [9.17, 15) is 29.4 Å². The number of aliphatic carboxylic acids is 2. The van der Waals surface area contributed by atoms with Crippen LogP contribution in [0.1, 0.15) is 50.5 Å².